The molecule has 0 radical (unpaired) electrons. The molecule has 3 aromatic rings. The minimum atomic E-state index is -0.497. The molecule has 0 N–H and O–H groups in total. The first-order valence-corrected chi connectivity index (χ1v) is 8.04. The van der Waals surface area contributed by atoms with Gasteiger partial charge in [0.1, 0.15) is 0 Å². The van der Waals surface area contributed by atoms with Crippen molar-refractivity contribution in [1.82, 2.24) is 19.6 Å². The SMILES string of the molecule is Cc1cc(C)n2c(SCC(=O)c3ccc([N+](=O)[O-])cc3)nnc2n1. The number of carbonyl (C=O) groups excluding carboxylic acids is 1. The molecule has 2 aromatic heterocycles. The van der Waals surface area contributed by atoms with Crippen molar-refractivity contribution in [3.8, 4) is 0 Å². The second kappa shape index (κ2) is 6.36. The lowest BCUT2D eigenvalue weighted by atomic mass is 10.1. The number of Topliss-reactive ketones (excluding diaryl/α,β-unsaturated/α-hetero) is 1. The molecule has 2 heterocycles. The topological polar surface area (TPSA) is 103 Å². The Morgan fingerprint density at radius 2 is 1.96 bits per heavy atom. The maximum atomic E-state index is 12.2. The van der Waals surface area contributed by atoms with E-state index in [-0.39, 0.29) is 17.2 Å². The zero-order valence-electron chi connectivity index (χ0n) is 13.0. The van der Waals surface area contributed by atoms with Crippen LogP contribution in [0.15, 0.2) is 35.5 Å². The number of hydrogen-bond donors (Lipinski definition) is 0. The van der Waals surface area contributed by atoms with Crippen LogP contribution in [0.25, 0.3) is 5.78 Å². The van der Waals surface area contributed by atoms with E-state index in [2.05, 4.69) is 15.2 Å². The molecule has 0 bridgehead atoms. The molecule has 0 aliphatic heterocycles. The normalized spacial score (nSPS) is 10.9. The Bertz CT molecular complexity index is 936. The van der Waals surface area contributed by atoms with Gasteiger partial charge in [-0.15, -0.1) is 10.2 Å². The summed E-state index contributed by atoms with van der Waals surface area (Å²) in [5.41, 5.74) is 2.17. The third-order valence-corrected chi connectivity index (χ3v) is 4.32. The monoisotopic (exact) mass is 343 g/mol. The number of fused-ring (bicyclic) bond motifs is 1. The first-order chi connectivity index (χ1) is 11.5. The molecule has 0 spiro atoms. The van der Waals surface area contributed by atoms with Crippen molar-refractivity contribution >= 4 is 29.0 Å². The molecule has 0 amide bonds. The van der Waals surface area contributed by atoms with Crippen molar-refractivity contribution in [2.24, 2.45) is 0 Å². The molecule has 8 nitrogen and oxygen atoms in total. The Labute approximate surface area is 141 Å². The number of benzene rings is 1. The summed E-state index contributed by atoms with van der Waals surface area (Å²) in [6.45, 7) is 3.81. The Morgan fingerprint density at radius 3 is 2.62 bits per heavy atom. The maximum Gasteiger partial charge on any atom is 0.269 e. The van der Waals surface area contributed by atoms with Gasteiger partial charge >= 0.3 is 0 Å². The number of carbonyl (C=O) groups is 1. The van der Waals surface area contributed by atoms with Gasteiger partial charge in [-0.05, 0) is 32.0 Å². The molecule has 0 atom stereocenters. The van der Waals surface area contributed by atoms with E-state index in [1.807, 2.05) is 19.9 Å². The molecule has 1 aromatic carbocycles. The lowest BCUT2D eigenvalue weighted by Crippen LogP contribution is -2.04. The van der Waals surface area contributed by atoms with Crippen molar-refractivity contribution in [3.63, 3.8) is 0 Å². The number of ketones is 1. The predicted octanol–water partition coefficient (Wildman–Crippen LogP) is 2.62. The van der Waals surface area contributed by atoms with Crippen LogP contribution in [0.5, 0.6) is 0 Å². The minimum Gasteiger partial charge on any atom is -0.293 e. The lowest BCUT2D eigenvalue weighted by molar-refractivity contribution is -0.384. The highest BCUT2D eigenvalue weighted by Gasteiger charge is 2.14. The largest absolute Gasteiger partial charge is 0.293 e. The molecule has 0 saturated heterocycles. The molecular formula is C15H13N5O3S. The van der Waals surface area contributed by atoms with Crippen LogP contribution in [0.2, 0.25) is 0 Å². The third kappa shape index (κ3) is 3.11. The van der Waals surface area contributed by atoms with Crippen molar-refractivity contribution in [1.29, 1.82) is 0 Å². The number of aromatic nitrogens is 4. The third-order valence-electron chi connectivity index (χ3n) is 3.40. The fourth-order valence-corrected chi connectivity index (χ4v) is 3.16. The average molecular weight is 343 g/mol. The van der Waals surface area contributed by atoms with Gasteiger partial charge in [0.15, 0.2) is 10.9 Å². The van der Waals surface area contributed by atoms with Crippen LogP contribution < -0.4 is 0 Å². The highest BCUT2D eigenvalue weighted by Crippen LogP contribution is 2.20. The molecule has 24 heavy (non-hydrogen) atoms. The molecule has 3 rings (SSSR count). The van der Waals surface area contributed by atoms with Gasteiger partial charge in [-0.1, -0.05) is 11.8 Å². The van der Waals surface area contributed by atoms with Gasteiger partial charge in [-0.3, -0.25) is 19.3 Å². The smallest absolute Gasteiger partial charge is 0.269 e. The van der Waals surface area contributed by atoms with Crippen molar-refractivity contribution < 1.29 is 9.72 Å². The highest BCUT2D eigenvalue weighted by molar-refractivity contribution is 7.99. The van der Waals surface area contributed by atoms with E-state index < -0.39 is 4.92 Å². The number of hydrogen-bond acceptors (Lipinski definition) is 7. The standard InChI is InChI=1S/C15H13N5O3S/c1-9-7-10(2)19-14(16-9)17-18-15(19)24-8-13(21)11-3-5-12(6-4-11)20(22)23/h3-7H,8H2,1-2H3. The van der Waals surface area contributed by atoms with E-state index in [9.17, 15) is 14.9 Å². The molecule has 0 aliphatic rings. The predicted molar refractivity (Wildman–Crippen MR) is 88.4 cm³/mol. The van der Waals surface area contributed by atoms with Crippen LogP contribution in [-0.4, -0.2) is 36.0 Å². The quantitative estimate of drug-likeness (QED) is 0.303. The van der Waals surface area contributed by atoms with Crippen molar-refractivity contribution in [2.45, 2.75) is 19.0 Å². The number of non-ortho nitro benzene ring substituents is 1. The van der Waals surface area contributed by atoms with E-state index in [1.165, 1.54) is 36.0 Å². The molecule has 0 aliphatic carbocycles. The summed E-state index contributed by atoms with van der Waals surface area (Å²) in [5, 5.41) is 19.3. The summed E-state index contributed by atoms with van der Waals surface area (Å²) in [6, 6.07) is 7.47. The lowest BCUT2D eigenvalue weighted by Gasteiger charge is -2.04. The summed E-state index contributed by atoms with van der Waals surface area (Å²) >= 11 is 1.26. The first-order valence-electron chi connectivity index (χ1n) is 7.05. The molecule has 9 heteroatoms. The van der Waals surface area contributed by atoms with Crippen molar-refractivity contribution in [2.75, 3.05) is 5.75 Å². The molecule has 0 saturated carbocycles. The van der Waals surface area contributed by atoms with Crippen LogP contribution in [0, 0.1) is 24.0 Å². The summed E-state index contributed by atoms with van der Waals surface area (Å²) in [7, 11) is 0. The minimum absolute atomic E-state index is 0.0419. The summed E-state index contributed by atoms with van der Waals surface area (Å²) in [5.74, 6) is 0.522. The van der Waals surface area contributed by atoms with Gasteiger partial charge in [0.25, 0.3) is 11.5 Å². The van der Waals surface area contributed by atoms with Crippen LogP contribution in [0.3, 0.4) is 0 Å². The summed E-state index contributed by atoms with van der Waals surface area (Å²) in [4.78, 5) is 26.7. The molecule has 0 unspecified atom stereocenters. The van der Waals surface area contributed by atoms with E-state index in [0.717, 1.165) is 11.4 Å². The Hall–Kier alpha value is -2.81. The van der Waals surface area contributed by atoms with Gasteiger partial charge in [0.05, 0.1) is 10.7 Å². The van der Waals surface area contributed by atoms with Gasteiger partial charge in [0.2, 0.25) is 0 Å². The summed E-state index contributed by atoms with van der Waals surface area (Å²) in [6.07, 6.45) is 0. The van der Waals surface area contributed by atoms with Crippen LogP contribution in [-0.2, 0) is 0 Å². The Kier molecular flexibility index (Phi) is 4.26. The molecule has 0 fully saturated rings. The maximum absolute atomic E-state index is 12.2. The Morgan fingerprint density at radius 1 is 1.25 bits per heavy atom. The van der Waals surface area contributed by atoms with Crippen molar-refractivity contribution in [3.05, 3.63) is 57.4 Å². The van der Waals surface area contributed by atoms with E-state index in [4.69, 9.17) is 0 Å². The number of nitrogens with zero attached hydrogens (tertiary/aromatic N) is 5. The van der Waals surface area contributed by atoms with Gasteiger partial charge in [-0.2, -0.15) is 0 Å². The Balaban J connectivity index is 1.76. The number of aryl methyl sites for hydroxylation is 2. The number of thioether (sulfide) groups is 1. The highest BCUT2D eigenvalue weighted by atomic mass is 32.2. The number of nitro groups is 1. The zero-order chi connectivity index (χ0) is 17.3. The second-order valence-electron chi connectivity index (χ2n) is 5.17. The molecule has 122 valence electrons. The van der Waals surface area contributed by atoms with Gasteiger partial charge in [-0.25, -0.2) is 4.98 Å². The van der Waals surface area contributed by atoms with Crippen LogP contribution in [0.4, 0.5) is 5.69 Å². The summed E-state index contributed by atoms with van der Waals surface area (Å²) < 4.78 is 1.79. The zero-order valence-corrected chi connectivity index (χ0v) is 13.8. The molecular weight excluding hydrogens is 330 g/mol. The van der Waals surface area contributed by atoms with E-state index >= 15 is 0 Å². The van der Waals surface area contributed by atoms with Crippen LogP contribution >= 0.6 is 11.8 Å². The second-order valence-corrected chi connectivity index (χ2v) is 6.12. The van der Waals surface area contributed by atoms with Gasteiger partial charge in [0, 0.05) is 29.1 Å². The number of nitro benzene ring substituents is 1. The number of rotatable bonds is 5. The fraction of sp³-hybridized carbons (Fsp3) is 0.200. The van der Waals surface area contributed by atoms with E-state index in [0.29, 0.717) is 16.5 Å². The average Bonchev–Trinajstić information content (AvgIpc) is 2.95. The van der Waals surface area contributed by atoms with Crippen LogP contribution in [0.1, 0.15) is 21.7 Å². The fourth-order valence-electron chi connectivity index (χ4n) is 2.28. The first kappa shape index (κ1) is 16.1. The van der Waals surface area contributed by atoms with E-state index in [1.54, 1.807) is 4.40 Å². The van der Waals surface area contributed by atoms with Gasteiger partial charge < -0.3 is 0 Å².